The summed E-state index contributed by atoms with van der Waals surface area (Å²) in [5, 5.41) is 7.82. The van der Waals surface area contributed by atoms with E-state index in [1.54, 1.807) is 18.4 Å². The minimum Gasteiger partial charge on any atom is -0.488 e. The van der Waals surface area contributed by atoms with Crippen molar-refractivity contribution in [3.8, 4) is 5.75 Å². The Kier molecular flexibility index (Phi) is 9.35. The Labute approximate surface area is 177 Å². The molecule has 0 aliphatic rings. The normalized spacial score (nSPS) is 11.7. The predicted octanol–water partition coefficient (Wildman–Crippen LogP) is 4.15. The number of benzene rings is 1. The minimum atomic E-state index is -0.220. The van der Waals surface area contributed by atoms with Gasteiger partial charge in [-0.05, 0) is 33.8 Å². The van der Waals surface area contributed by atoms with Crippen LogP contribution >= 0.6 is 35.3 Å². The summed E-state index contributed by atoms with van der Waals surface area (Å²) in [6.45, 7) is 9.69. The summed E-state index contributed by atoms with van der Waals surface area (Å²) in [6.07, 6.45) is 2.81. The number of guanidine groups is 1. The van der Waals surface area contributed by atoms with Crippen LogP contribution in [-0.4, -0.2) is 30.1 Å². The molecule has 0 aliphatic heterocycles. The number of aliphatic imine (C=N–C) groups is 1. The molecule has 0 radical (unpaired) electrons. The van der Waals surface area contributed by atoms with Crippen molar-refractivity contribution in [3.63, 3.8) is 0 Å². The van der Waals surface area contributed by atoms with Crippen LogP contribution in [-0.2, 0) is 13.0 Å². The zero-order chi connectivity index (χ0) is 18.3. The van der Waals surface area contributed by atoms with Gasteiger partial charge in [-0.2, -0.15) is 0 Å². The predicted molar refractivity (Wildman–Crippen MR) is 121 cm³/mol. The molecule has 5 nitrogen and oxygen atoms in total. The molecule has 2 aromatic rings. The van der Waals surface area contributed by atoms with Gasteiger partial charge in [0.25, 0.3) is 0 Å². The van der Waals surface area contributed by atoms with Crippen molar-refractivity contribution in [2.45, 2.75) is 46.3 Å². The van der Waals surface area contributed by atoms with Crippen molar-refractivity contribution in [1.29, 1.82) is 0 Å². The van der Waals surface area contributed by atoms with Gasteiger partial charge in [-0.15, -0.1) is 35.3 Å². The van der Waals surface area contributed by atoms with Gasteiger partial charge in [0.1, 0.15) is 11.4 Å². The van der Waals surface area contributed by atoms with E-state index >= 15 is 0 Å². The lowest BCUT2D eigenvalue weighted by Crippen LogP contribution is -2.38. The fraction of sp³-hybridized carbons (Fsp3) is 0.474. The fourth-order valence-corrected chi connectivity index (χ4v) is 3.07. The number of thiazole rings is 1. The highest BCUT2D eigenvalue weighted by molar-refractivity contribution is 14.0. The largest absolute Gasteiger partial charge is 0.488 e. The summed E-state index contributed by atoms with van der Waals surface area (Å²) in [7, 11) is 1.78. The van der Waals surface area contributed by atoms with Crippen LogP contribution in [0, 0.1) is 6.92 Å². The smallest absolute Gasteiger partial charge is 0.191 e. The molecule has 2 rings (SSSR count). The molecule has 0 atom stereocenters. The summed E-state index contributed by atoms with van der Waals surface area (Å²) >= 11 is 1.74. The molecule has 2 N–H and O–H groups in total. The fourth-order valence-electron chi connectivity index (χ4n) is 2.28. The molecule has 1 heterocycles. The lowest BCUT2D eigenvalue weighted by molar-refractivity contribution is 0.129. The number of rotatable bonds is 6. The summed E-state index contributed by atoms with van der Waals surface area (Å²) in [5.74, 6) is 1.68. The number of ether oxygens (including phenoxy) is 1. The van der Waals surface area contributed by atoms with Gasteiger partial charge in [-0.3, -0.25) is 4.99 Å². The van der Waals surface area contributed by atoms with Crippen LogP contribution in [0.4, 0.5) is 0 Å². The summed E-state index contributed by atoms with van der Waals surface area (Å²) < 4.78 is 6.03. The van der Waals surface area contributed by atoms with Gasteiger partial charge in [-0.1, -0.05) is 18.2 Å². The number of hydrogen-bond acceptors (Lipinski definition) is 4. The highest BCUT2D eigenvalue weighted by Gasteiger charge is 2.14. The van der Waals surface area contributed by atoms with Gasteiger partial charge in [0.15, 0.2) is 5.96 Å². The van der Waals surface area contributed by atoms with E-state index in [2.05, 4.69) is 54.4 Å². The van der Waals surface area contributed by atoms with Crippen LogP contribution in [0.15, 0.2) is 35.5 Å². The number of nitrogens with zero attached hydrogens (tertiary/aromatic N) is 2. The first-order valence-electron chi connectivity index (χ1n) is 8.50. The standard InChI is InChI=1S/C19H28N4OS.HI/c1-14-12-22-17(25-14)10-11-21-18(20-5)23-13-15-8-6-7-9-16(15)24-19(2,3)4;/h6-9,12H,10-11,13H2,1-5H3,(H2,20,21,23);1H. The first kappa shape index (κ1) is 22.7. The first-order chi connectivity index (χ1) is 11.9. The van der Waals surface area contributed by atoms with Gasteiger partial charge in [0, 0.05) is 43.2 Å². The molecule has 0 saturated heterocycles. The average molecular weight is 488 g/mol. The molecule has 26 heavy (non-hydrogen) atoms. The SMILES string of the molecule is CN=C(NCCc1ncc(C)s1)NCc1ccccc1OC(C)(C)C.I. The van der Waals surface area contributed by atoms with E-state index in [0.29, 0.717) is 6.54 Å². The molecule has 0 unspecified atom stereocenters. The second-order valence-corrected chi connectivity index (χ2v) is 8.11. The molecule has 1 aromatic carbocycles. The number of halogens is 1. The van der Waals surface area contributed by atoms with Crippen molar-refractivity contribution in [2.24, 2.45) is 4.99 Å². The van der Waals surface area contributed by atoms with E-state index in [9.17, 15) is 0 Å². The second-order valence-electron chi connectivity index (χ2n) is 6.79. The van der Waals surface area contributed by atoms with Crippen LogP contribution in [0.25, 0.3) is 0 Å². The first-order valence-corrected chi connectivity index (χ1v) is 9.32. The van der Waals surface area contributed by atoms with Crippen molar-refractivity contribution >= 4 is 41.3 Å². The molecule has 0 aliphatic carbocycles. The zero-order valence-corrected chi connectivity index (χ0v) is 19.3. The van der Waals surface area contributed by atoms with Gasteiger partial charge in [0.05, 0.1) is 5.01 Å². The van der Waals surface area contributed by atoms with E-state index in [1.807, 2.05) is 24.4 Å². The Morgan fingerprint density at radius 1 is 1.23 bits per heavy atom. The lowest BCUT2D eigenvalue weighted by Gasteiger charge is -2.23. The molecule has 1 aromatic heterocycles. The third kappa shape index (κ3) is 7.90. The molecule has 7 heteroatoms. The maximum absolute atomic E-state index is 6.03. The highest BCUT2D eigenvalue weighted by atomic mass is 127. The Morgan fingerprint density at radius 3 is 2.58 bits per heavy atom. The minimum absolute atomic E-state index is 0. The van der Waals surface area contributed by atoms with Crippen LogP contribution in [0.2, 0.25) is 0 Å². The van der Waals surface area contributed by atoms with Crippen molar-refractivity contribution in [3.05, 3.63) is 45.9 Å². The topological polar surface area (TPSA) is 58.5 Å². The maximum atomic E-state index is 6.03. The van der Waals surface area contributed by atoms with E-state index in [-0.39, 0.29) is 29.6 Å². The lowest BCUT2D eigenvalue weighted by atomic mass is 10.1. The number of aryl methyl sites for hydroxylation is 1. The molecule has 0 bridgehead atoms. The maximum Gasteiger partial charge on any atom is 0.191 e. The summed E-state index contributed by atoms with van der Waals surface area (Å²) in [6, 6.07) is 8.09. The van der Waals surface area contributed by atoms with E-state index < -0.39 is 0 Å². The van der Waals surface area contributed by atoms with Gasteiger partial charge < -0.3 is 15.4 Å². The molecule has 0 amide bonds. The third-order valence-electron chi connectivity index (χ3n) is 3.36. The number of para-hydroxylation sites is 1. The number of nitrogens with one attached hydrogen (secondary N) is 2. The molecular formula is C19H29IN4OS. The average Bonchev–Trinajstić information content (AvgIpc) is 2.96. The Morgan fingerprint density at radius 2 is 1.96 bits per heavy atom. The highest BCUT2D eigenvalue weighted by Crippen LogP contribution is 2.22. The molecule has 0 saturated carbocycles. The molecule has 144 valence electrons. The number of hydrogen-bond donors (Lipinski definition) is 2. The third-order valence-corrected chi connectivity index (χ3v) is 4.33. The Bertz CT molecular complexity index is 710. The van der Waals surface area contributed by atoms with Gasteiger partial charge in [0.2, 0.25) is 0 Å². The molecule has 0 fully saturated rings. The van der Waals surface area contributed by atoms with Crippen molar-refractivity contribution in [2.75, 3.05) is 13.6 Å². The van der Waals surface area contributed by atoms with Crippen LogP contribution < -0.4 is 15.4 Å². The quantitative estimate of drug-likeness (QED) is 0.365. The van der Waals surface area contributed by atoms with E-state index in [0.717, 1.165) is 35.2 Å². The van der Waals surface area contributed by atoms with Crippen LogP contribution in [0.5, 0.6) is 5.75 Å². The summed E-state index contributed by atoms with van der Waals surface area (Å²) in [4.78, 5) is 9.90. The van der Waals surface area contributed by atoms with Gasteiger partial charge >= 0.3 is 0 Å². The van der Waals surface area contributed by atoms with Crippen LogP contribution in [0.3, 0.4) is 0 Å². The second kappa shape index (κ2) is 10.7. The monoisotopic (exact) mass is 488 g/mol. The Hall–Kier alpha value is -1.35. The van der Waals surface area contributed by atoms with Crippen LogP contribution in [0.1, 0.15) is 36.2 Å². The van der Waals surface area contributed by atoms with Crippen molar-refractivity contribution in [1.82, 2.24) is 15.6 Å². The molecule has 0 spiro atoms. The Balaban J connectivity index is 0.00000338. The van der Waals surface area contributed by atoms with Crippen molar-refractivity contribution < 1.29 is 4.74 Å². The van der Waals surface area contributed by atoms with Gasteiger partial charge in [-0.25, -0.2) is 4.98 Å². The zero-order valence-electron chi connectivity index (χ0n) is 16.1. The van der Waals surface area contributed by atoms with E-state index in [4.69, 9.17) is 4.74 Å². The number of aromatic nitrogens is 1. The van der Waals surface area contributed by atoms with E-state index in [1.165, 1.54) is 4.88 Å². The summed E-state index contributed by atoms with van der Waals surface area (Å²) in [5.41, 5.74) is 0.887. The molecular weight excluding hydrogens is 459 g/mol.